The molecule has 1 aromatic carbocycles. The van der Waals surface area contributed by atoms with Crippen molar-refractivity contribution in [3.8, 4) is 17.6 Å². The third-order valence-electron chi connectivity index (χ3n) is 2.15. The van der Waals surface area contributed by atoms with Crippen molar-refractivity contribution < 1.29 is 9.47 Å². The lowest BCUT2D eigenvalue weighted by molar-refractivity contribution is 0.292. The Morgan fingerprint density at radius 1 is 1.53 bits per heavy atom. The largest absolute Gasteiger partial charge is 0.490 e. The van der Waals surface area contributed by atoms with Crippen LogP contribution in [-0.2, 0) is 0 Å². The Balaban J connectivity index is 2.43. The van der Waals surface area contributed by atoms with Gasteiger partial charge >= 0.3 is 0 Å². The molecule has 76 valence electrons. The molecule has 15 heavy (non-hydrogen) atoms. The fourth-order valence-electron chi connectivity index (χ4n) is 1.51. The Hall–Kier alpha value is -1.95. The van der Waals surface area contributed by atoms with E-state index in [1.807, 2.05) is 31.2 Å². The first kappa shape index (κ1) is 9.60. The van der Waals surface area contributed by atoms with Crippen LogP contribution in [0.3, 0.4) is 0 Å². The Labute approximate surface area is 88.5 Å². The number of para-hydroxylation sites is 1. The van der Waals surface area contributed by atoms with Crippen LogP contribution in [0, 0.1) is 11.3 Å². The Morgan fingerprint density at radius 2 is 2.40 bits per heavy atom. The molecule has 0 amide bonds. The molecule has 1 heterocycles. The minimum atomic E-state index is 0.327. The van der Waals surface area contributed by atoms with Crippen molar-refractivity contribution in [2.75, 3.05) is 13.2 Å². The first-order valence-electron chi connectivity index (χ1n) is 4.84. The van der Waals surface area contributed by atoms with Gasteiger partial charge in [0, 0.05) is 5.56 Å². The predicted molar refractivity (Wildman–Crippen MR) is 56.7 cm³/mol. The summed E-state index contributed by atoms with van der Waals surface area (Å²) >= 11 is 0. The number of ether oxygens (including phenoxy) is 2. The van der Waals surface area contributed by atoms with Crippen LogP contribution in [0.5, 0.6) is 11.5 Å². The number of hydrogen-bond acceptors (Lipinski definition) is 3. The molecule has 1 aliphatic rings. The molecule has 0 saturated heterocycles. The highest BCUT2D eigenvalue weighted by Crippen LogP contribution is 2.35. The minimum Gasteiger partial charge on any atom is -0.490 e. The maximum Gasteiger partial charge on any atom is 0.168 e. The second kappa shape index (κ2) is 4.05. The summed E-state index contributed by atoms with van der Waals surface area (Å²) in [5, 5.41) is 8.76. The number of hydrogen-bond donors (Lipinski definition) is 0. The van der Waals surface area contributed by atoms with Crippen molar-refractivity contribution in [3.05, 3.63) is 29.3 Å². The van der Waals surface area contributed by atoms with Gasteiger partial charge in [0.15, 0.2) is 11.5 Å². The average molecular weight is 201 g/mol. The molecule has 0 aromatic heterocycles. The smallest absolute Gasteiger partial charge is 0.168 e. The first-order valence-corrected chi connectivity index (χ1v) is 4.84. The van der Waals surface area contributed by atoms with Crippen LogP contribution in [-0.4, -0.2) is 13.2 Å². The van der Waals surface area contributed by atoms with E-state index in [2.05, 4.69) is 6.07 Å². The molecule has 0 aliphatic carbocycles. The molecule has 0 N–H and O–H groups in total. The summed E-state index contributed by atoms with van der Waals surface area (Å²) in [6.07, 6.45) is 1.83. The van der Waals surface area contributed by atoms with Gasteiger partial charge in [-0.1, -0.05) is 12.1 Å². The molecule has 0 atom stereocenters. The van der Waals surface area contributed by atoms with E-state index in [9.17, 15) is 0 Å². The van der Waals surface area contributed by atoms with E-state index in [1.54, 1.807) is 0 Å². The fraction of sp³-hybridized carbons (Fsp3) is 0.250. The Bertz CT molecular complexity index is 443. The van der Waals surface area contributed by atoms with Crippen LogP contribution in [0.15, 0.2) is 23.8 Å². The van der Waals surface area contributed by atoms with Crippen LogP contribution in [0.25, 0.3) is 6.08 Å². The maximum absolute atomic E-state index is 8.76. The number of rotatable bonds is 2. The molecule has 1 aromatic rings. The molecule has 3 heteroatoms. The maximum atomic E-state index is 8.76. The molecular formula is C12H11NO2. The molecule has 0 fully saturated rings. The molecule has 3 nitrogen and oxygen atoms in total. The molecule has 1 aliphatic heterocycles. The summed E-state index contributed by atoms with van der Waals surface area (Å²) in [6.45, 7) is 2.86. The van der Waals surface area contributed by atoms with Gasteiger partial charge in [-0.2, -0.15) is 5.26 Å². The highest BCUT2D eigenvalue weighted by Gasteiger charge is 2.15. The van der Waals surface area contributed by atoms with Crippen LogP contribution >= 0.6 is 0 Å². The lowest BCUT2D eigenvalue weighted by atomic mass is 10.1. The standard InChI is InChI=1S/C12H11NO2/c1-2-14-11-5-3-4-10-6-9(7-13)8-15-12(10)11/h3-6H,2,8H2,1H3. The quantitative estimate of drug-likeness (QED) is 0.737. The summed E-state index contributed by atoms with van der Waals surface area (Å²) in [5.41, 5.74) is 1.54. The SMILES string of the molecule is CCOc1cccc2c1OCC(C#N)=C2. The van der Waals surface area contributed by atoms with Gasteiger partial charge in [0.1, 0.15) is 6.61 Å². The van der Waals surface area contributed by atoms with Gasteiger partial charge in [-0.15, -0.1) is 0 Å². The zero-order valence-electron chi connectivity index (χ0n) is 8.49. The molecule has 2 rings (SSSR count). The molecule has 0 radical (unpaired) electrons. The van der Waals surface area contributed by atoms with Crippen LogP contribution in [0.1, 0.15) is 12.5 Å². The highest BCUT2D eigenvalue weighted by molar-refractivity contribution is 5.68. The monoisotopic (exact) mass is 201 g/mol. The average Bonchev–Trinajstić information content (AvgIpc) is 2.29. The molecule has 0 unspecified atom stereocenters. The molecule has 0 saturated carbocycles. The number of benzene rings is 1. The van der Waals surface area contributed by atoms with Crippen LogP contribution in [0.4, 0.5) is 0 Å². The lowest BCUT2D eigenvalue weighted by Gasteiger charge is -2.17. The van der Waals surface area contributed by atoms with Crippen molar-refractivity contribution in [3.63, 3.8) is 0 Å². The molecule has 0 spiro atoms. The minimum absolute atomic E-state index is 0.327. The summed E-state index contributed by atoms with van der Waals surface area (Å²) in [7, 11) is 0. The van der Waals surface area contributed by atoms with E-state index in [0.29, 0.717) is 18.8 Å². The third-order valence-corrected chi connectivity index (χ3v) is 2.15. The van der Waals surface area contributed by atoms with Crippen LogP contribution in [0.2, 0.25) is 0 Å². The van der Waals surface area contributed by atoms with E-state index >= 15 is 0 Å². The molecular weight excluding hydrogens is 190 g/mol. The first-order chi connectivity index (χ1) is 7.35. The summed E-state index contributed by atoms with van der Waals surface area (Å²) in [6, 6.07) is 7.76. The summed E-state index contributed by atoms with van der Waals surface area (Å²) < 4.78 is 10.9. The summed E-state index contributed by atoms with van der Waals surface area (Å²) in [4.78, 5) is 0. The highest BCUT2D eigenvalue weighted by atomic mass is 16.5. The van der Waals surface area contributed by atoms with Crippen molar-refractivity contribution in [2.45, 2.75) is 6.92 Å². The van der Waals surface area contributed by atoms with Crippen LogP contribution < -0.4 is 9.47 Å². The van der Waals surface area contributed by atoms with E-state index in [0.717, 1.165) is 17.1 Å². The van der Waals surface area contributed by atoms with Gasteiger partial charge in [-0.3, -0.25) is 0 Å². The Morgan fingerprint density at radius 3 is 3.13 bits per heavy atom. The second-order valence-electron chi connectivity index (χ2n) is 3.18. The number of fused-ring (bicyclic) bond motifs is 1. The third kappa shape index (κ3) is 1.79. The number of nitriles is 1. The normalized spacial score (nSPS) is 13.2. The zero-order valence-corrected chi connectivity index (χ0v) is 8.49. The van der Waals surface area contributed by atoms with Gasteiger partial charge in [0.2, 0.25) is 0 Å². The van der Waals surface area contributed by atoms with E-state index in [1.165, 1.54) is 0 Å². The predicted octanol–water partition coefficient (Wildman–Crippen LogP) is 2.38. The second-order valence-corrected chi connectivity index (χ2v) is 3.18. The van der Waals surface area contributed by atoms with Crippen molar-refractivity contribution in [2.24, 2.45) is 0 Å². The zero-order chi connectivity index (χ0) is 10.7. The van der Waals surface area contributed by atoms with Crippen molar-refractivity contribution >= 4 is 6.08 Å². The van der Waals surface area contributed by atoms with Gasteiger partial charge in [0.05, 0.1) is 18.2 Å². The van der Waals surface area contributed by atoms with Gasteiger partial charge in [0.25, 0.3) is 0 Å². The van der Waals surface area contributed by atoms with E-state index in [4.69, 9.17) is 14.7 Å². The van der Waals surface area contributed by atoms with Crippen molar-refractivity contribution in [1.29, 1.82) is 5.26 Å². The van der Waals surface area contributed by atoms with Gasteiger partial charge in [-0.05, 0) is 19.1 Å². The molecule has 0 bridgehead atoms. The number of nitrogens with zero attached hydrogens (tertiary/aromatic N) is 1. The van der Waals surface area contributed by atoms with Gasteiger partial charge < -0.3 is 9.47 Å². The van der Waals surface area contributed by atoms with E-state index in [-0.39, 0.29) is 0 Å². The topological polar surface area (TPSA) is 42.2 Å². The summed E-state index contributed by atoms with van der Waals surface area (Å²) in [5.74, 6) is 1.47. The van der Waals surface area contributed by atoms with E-state index < -0.39 is 0 Å². The van der Waals surface area contributed by atoms with Crippen molar-refractivity contribution in [1.82, 2.24) is 0 Å². The Kier molecular flexibility index (Phi) is 2.59. The fourth-order valence-corrected chi connectivity index (χ4v) is 1.51. The van der Waals surface area contributed by atoms with Gasteiger partial charge in [-0.25, -0.2) is 0 Å². The lowest BCUT2D eigenvalue weighted by Crippen LogP contribution is -2.07.